The molecule has 184 valence electrons. The maximum Gasteiger partial charge on any atom is 0.123 e. The highest BCUT2D eigenvalue weighted by molar-refractivity contribution is 5.53. The van der Waals surface area contributed by atoms with Crippen molar-refractivity contribution in [2.45, 2.75) is 38.6 Å². The maximum atomic E-state index is 13.6. The molecule has 0 aromatic heterocycles. The predicted molar refractivity (Wildman–Crippen MR) is 139 cm³/mol. The molecule has 5 heteroatoms. The van der Waals surface area contributed by atoms with Crippen LogP contribution in [0.1, 0.15) is 42.5 Å². The summed E-state index contributed by atoms with van der Waals surface area (Å²) < 4.78 is 19.6. The summed E-state index contributed by atoms with van der Waals surface area (Å²) in [5.74, 6) is 1.77. The van der Waals surface area contributed by atoms with Gasteiger partial charge in [0.1, 0.15) is 23.9 Å². The second kappa shape index (κ2) is 10.7. The van der Waals surface area contributed by atoms with Crippen LogP contribution in [0.2, 0.25) is 0 Å². The number of phenols is 1. The fourth-order valence-corrected chi connectivity index (χ4v) is 5.59. The molecule has 35 heavy (non-hydrogen) atoms. The van der Waals surface area contributed by atoms with E-state index in [2.05, 4.69) is 41.0 Å². The first-order valence-electron chi connectivity index (χ1n) is 12.8. The minimum atomic E-state index is -0.224. The normalized spacial score (nSPS) is 20.5. The highest BCUT2D eigenvalue weighted by atomic mass is 19.1. The Bertz CT molecular complexity index is 1120. The van der Waals surface area contributed by atoms with Crippen molar-refractivity contribution in [2.24, 2.45) is 5.92 Å². The van der Waals surface area contributed by atoms with Crippen LogP contribution in [0.25, 0.3) is 0 Å². The number of benzene rings is 3. The molecule has 2 aliphatic rings. The number of aromatic hydroxyl groups is 1. The number of hydrogen-bond acceptors (Lipinski definition) is 4. The lowest BCUT2D eigenvalue weighted by molar-refractivity contribution is 0.153. The van der Waals surface area contributed by atoms with E-state index < -0.39 is 0 Å². The van der Waals surface area contributed by atoms with E-state index in [-0.39, 0.29) is 11.9 Å². The van der Waals surface area contributed by atoms with Gasteiger partial charge in [-0.15, -0.1) is 0 Å². The summed E-state index contributed by atoms with van der Waals surface area (Å²) in [6.45, 7) is 7.19. The number of likely N-dealkylation sites (tertiary alicyclic amines) is 1. The SMILES string of the molecule is CC1CCCN(CCOc2ccc(CC3c4ccc(O)cc4CCN3c3ccc(F)cc3)cc2)C1. The number of rotatable bonds is 7. The third kappa shape index (κ3) is 5.79. The minimum Gasteiger partial charge on any atom is -0.508 e. The third-order valence-corrected chi connectivity index (χ3v) is 7.41. The molecule has 4 nitrogen and oxygen atoms in total. The summed E-state index contributed by atoms with van der Waals surface area (Å²) in [5.41, 5.74) is 4.64. The second-order valence-corrected chi connectivity index (χ2v) is 10.1. The van der Waals surface area contributed by atoms with E-state index in [1.54, 1.807) is 6.07 Å². The molecule has 3 aromatic carbocycles. The lowest BCUT2D eigenvalue weighted by Crippen LogP contribution is -2.37. The lowest BCUT2D eigenvalue weighted by Gasteiger charge is -2.39. The van der Waals surface area contributed by atoms with Crippen molar-refractivity contribution < 1.29 is 14.2 Å². The van der Waals surface area contributed by atoms with Crippen LogP contribution >= 0.6 is 0 Å². The minimum absolute atomic E-state index is 0.109. The molecule has 1 N–H and O–H groups in total. The van der Waals surface area contributed by atoms with Crippen molar-refractivity contribution >= 4 is 5.69 Å². The zero-order valence-corrected chi connectivity index (χ0v) is 20.5. The fourth-order valence-electron chi connectivity index (χ4n) is 5.59. The summed E-state index contributed by atoms with van der Waals surface area (Å²) in [4.78, 5) is 4.85. The Morgan fingerprint density at radius 1 is 1.00 bits per heavy atom. The molecular weight excluding hydrogens is 439 g/mol. The molecule has 0 radical (unpaired) electrons. The Morgan fingerprint density at radius 2 is 1.80 bits per heavy atom. The predicted octanol–water partition coefficient (Wildman–Crippen LogP) is 5.99. The van der Waals surface area contributed by atoms with Gasteiger partial charge in [0.15, 0.2) is 0 Å². The average molecular weight is 475 g/mol. The smallest absolute Gasteiger partial charge is 0.123 e. The Labute approximate surface area is 208 Å². The molecule has 2 heterocycles. The lowest BCUT2D eigenvalue weighted by atomic mass is 9.88. The molecule has 2 aliphatic heterocycles. The largest absolute Gasteiger partial charge is 0.508 e. The molecule has 2 unspecified atom stereocenters. The first-order valence-corrected chi connectivity index (χ1v) is 12.8. The molecule has 0 bridgehead atoms. The Balaban J connectivity index is 1.28. The first kappa shape index (κ1) is 23.7. The van der Waals surface area contributed by atoms with Crippen molar-refractivity contribution in [3.63, 3.8) is 0 Å². The molecule has 0 aliphatic carbocycles. The van der Waals surface area contributed by atoms with Crippen LogP contribution in [0.15, 0.2) is 66.7 Å². The molecule has 3 aromatic rings. The molecule has 0 amide bonds. The van der Waals surface area contributed by atoms with Crippen molar-refractivity contribution in [3.05, 3.63) is 89.2 Å². The van der Waals surface area contributed by atoms with Gasteiger partial charge in [0.05, 0.1) is 6.04 Å². The van der Waals surface area contributed by atoms with Crippen LogP contribution in [0.3, 0.4) is 0 Å². The number of hydrogen-bond donors (Lipinski definition) is 1. The maximum absolute atomic E-state index is 13.6. The number of fused-ring (bicyclic) bond motifs is 1. The number of anilines is 1. The van der Waals surface area contributed by atoms with E-state index >= 15 is 0 Å². The van der Waals surface area contributed by atoms with Crippen LogP contribution < -0.4 is 9.64 Å². The van der Waals surface area contributed by atoms with Gasteiger partial charge in [0.2, 0.25) is 0 Å². The van der Waals surface area contributed by atoms with E-state index in [9.17, 15) is 9.50 Å². The van der Waals surface area contributed by atoms with Crippen LogP contribution in [-0.2, 0) is 12.8 Å². The third-order valence-electron chi connectivity index (χ3n) is 7.41. The summed E-state index contributed by atoms with van der Waals surface area (Å²) in [7, 11) is 0. The average Bonchev–Trinajstić information content (AvgIpc) is 2.86. The summed E-state index contributed by atoms with van der Waals surface area (Å²) in [6, 6.07) is 21.0. The van der Waals surface area contributed by atoms with Gasteiger partial charge in [-0.05, 0) is 103 Å². The van der Waals surface area contributed by atoms with Crippen molar-refractivity contribution in [1.82, 2.24) is 4.90 Å². The van der Waals surface area contributed by atoms with E-state index in [0.29, 0.717) is 12.4 Å². The highest BCUT2D eigenvalue weighted by Crippen LogP contribution is 2.37. The van der Waals surface area contributed by atoms with E-state index in [0.717, 1.165) is 43.3 Å². The molecule has 1 saturated heterocycles. The van der Waals surface area contributed by atoms with Crippen molar-refractivity contribution in [2.75, 3.05) is 37.7 Å². The summed E-state index contributed by atoms with van der Waals surface area (Å²) in [5, 5.41) is 10.0. The van der Waals surface area contributed by atoms with Gasteiger partial charge < -0.3 is 14.7 Å². The van der Waals surface area contributed by atoms with Crippen molar-refractivity contribution in [3.8, 4) is 11.5 Å². The van der Waals surface area contributed by atoms with Gasteiger partial charge in [-0.3, -0.25) is 4.90 Å². The zero-order valence-electron chi connectivity index (χ0n) is 20.5. The van der Waals surface area contributed by atoms with Crippen LogP contribution in [-0.4, -0.2) is 42.8 Å². The standard InChI is InChI=1S/C30H35FN2O2/c1-22-3-2-15-32(21-22)17-18-35-28-11-4-23(5-12-28)19-30-29-13-10-27(34)20-24(29)14-16-33(30)26-8-6-25(31)7-9-26/h4-13,20,22,30,34H,2-3,14-19,21H2,1H3. The van der Waals surface area contributed by atoms with E-state index in [4.69, 9.17) is 4.74 Å². The summed E-state index contributed by atoms with van der Waals surface area (Å²) >= 11 is 0. The zero-order chi connectivity index (χ0) is 24.2. The van der Waals surface area contributed by atoms with Gasteiger partial charge in [0.25, 0.3) is 0 Å². The van der Waals surface area contributed by atoms with Crippen molar-refractivity contribution in [1.29, 1.82) is 0 Å². The number of piperidine rings is 1. The summed E-state index contributed by atoms with van der Waals surface area (Å²) in [6.07, 6.45) is 4.29. The van der Waals surface area contributed by atoms with Crippen LogP contribution in [0.4, 0.5) is 10.1 Å². The number of phenolic OH excluding ortho intramolecular Hbond substituents is 1. The quantitative estimate of drug-likeness (QED) is 0.456. The molecule has 0 saturated carbocycles. The highest BCUT2D eigenvalue weighted by Gasteiger charge is 2.28. The second-order valence-electron chi connectivity index (χ2n) is 10.1. The van der Waals surface area contributed by atoms with Gasteiger partial charge >= 0.3 is 0 Å². The van der Waals surface area contributed by atoms with E-state index in [1.807, 2.05) is 24.3 Å². The molecule has 5 rings (SSSR count). The van der Waals surface area contributed by atoms with E-state index in [1.165, 1.54) is 54.8 Å². The molecular formula is C30H35FN2O2. The van der Waals surface area contributed by atoms with Crippen LogP contribution in [0, 0.1) is 11.7 Å². The van der Waals surface area contributed by atoms with Gasteiger partial charge in [-0.2, -0.15) is 0 Å². The monoisotopic (exact) mass is 474 g/mol. The Hall–Kier alpha value is -3.05. The first-order chi connectivity index (χ1) is 17.0. The number of halogens is 1. The molecule has 0 spiro atoms. The number of nitrogens with zero attached hydrogens (tertiary/aromatic N) is 2. The van der Waals surface area contributed by atoms with Gasteiger partial charge in [0, 0.05) is 25.3 Å². The number of ether oxygens (including phenoxy) is 1. The Morgan fingerprint density at radius 3 is 2.57 bits per heavy atom. The Kier molecular flexibility index (Phi) is 7.24. The van der Waals surface area contributed by atoms with Gasteiger partial charge in [-0.25, -0.2) is 4.39 Å². The molecule has 1 fully saturated rings. The van der Waals surface area contributed by atoms with Gasteiger partial charge in [-0.1, -0.05) is 25.1 Å². The fraction of sp³-hybridized carbons (Fsp3) is 0.400. The topological polar surface area (TPSA) is 35.9 Å². The van der Waals surface area contributed by atoms with Crippen LogP contribution in [0.5, 0.6) is 11.5 Å². The molecule has 2 atom stereocenters.